The summed E-state index contributed by atoms with van der Waals surface area (Å²) in [6.45, 7) is 1.15. The molecule has 1 atom stereocenters. The molecule has 1 saturated carbocycles. The predicted octanol–water partition coefficient (Wildman–Crippen LogP) is 3.31. The molecule has 0 amide bonds. The molecule has 1 aromatic carbocycles. The van der Waals surface area contributed by atoms with E-state index >= 15 is 0 Å². The first-order chi connectivity index (χ1) is 9.86. The molecule has 0 bridgehead atoms. The Balaban J connectivity index is 1.79. The number of rotatable bonds is 5. The quantitative estimate of drug-likeness (QED) is 0.894. The Morgan fingerprint density at radius 1 is 1.15 bits per heavy atom. The molecule has 1 saturated heterocycles. The Labute approximate surface area is 121 Å². The average molecular weight is 275 g/mol. The van der Waals surface area contributed by atoms with Crippen molar-refractivity contribution in [1.82, 2.24) is 5.32 Å². The van der Waals surface area contributed by atoms with Gasteiger partial charge in [-0.1, -0.05) is 12.1 Å². The summed E-state index contributed by atoms with van der Waals surface area (Å²) in [6, 6.07) is 6.86. The lowest BCUT2D eigenvalue weighted by molar-refractivity contribution is 0.198. The van der Waals surface area contributed by atoms with E-state index in [4.69, 9.17) is 9.47 Å². The van der Waals surface area contributed by atoms with Crippen LogP contribution in [0.1, 0.15) is 44.1 Å². The molecule has 1 N–H and O–H groups in total. The minimum absolute atomic E-state index is 0.376. The van der Waals surface area contributed by atoms with Crippen LogP contribution < -0.4 is 14.8 Å². The molecule has 0 spiro atoms. The van der Waals surface area contributed by atoms with Gasteiger partial charge < -0.3 is 14.8 Å². The molecule has 1 heterocycles. The Hall–Kier alpha value is -1.22. The van der Waals surface area contributed by atoms with E-state index in [9.17, 15) is 0 Å². The van der Waals surface area contributed by atoms with Crippen molar-refractivity contribution in [2.45, 2.75) is 57.1 Å². The second kappa shape index (κ2) is 6.49. The van der Waals surface area contributed by atoms with E-state index in [1.54, 1.807) is 7.11 Å². The van der Waals surface area contributed by atoms with E-state index in [2.05, 4.69) is 17.4 Å². The third kappa shape index (κ3) is 3.09. The highest BCUT2D eigenvalue weighted by Crippen LogP contribution is 2.35. The Bertz CT molecular complexity index is 435. The smallest absolute Gasteiger partial charge is 0.164 e. The van der Waals surface area contributed by atoms with Gasteiger partial charge in [-0.15, -0.1) is 0 Å². The number of para-hydroxylation sites is 1. The molecular weight excluding hydrogens is 250 g/mol. The fourth-order valence-electron chi connectivity index (χ4n) is 3.39. The van der Waals surface area contributed by atoms with Crippen LogP contribution in [0.15, 0.2) is 18.2 Å². The minimum Gasteiger partial charge on any atom is -0.493 e. The number of benzene rings is 1. The lowest BCUT2D eigenvalue weighted by Crippen LogP contribution is -2.24. The van der Waals surface area contributed by atoms with E-state index < -0.39 is 0 Å². The highest BCUT2D eigenvalue weighted by molar-refractivity contribution is 5.47. The second-order valence-corrected chi connectivity index (χ2v) is 5.97. The fourth-order valence-corrected chi connectivity index (χ4v) is 3.39. The summed E-state index contributed by atoms with van der Waals surface area (Å²) < 4.78 is 11.8. The molecule has 2 aliphatic rings. The van der Waals surface area contributed by atoms with Crippen LogP contribution in [0, 0.1) is 0 Å². The molecule has 3 heteroatoms. The first-order valence-corrected chi connectivity index (χ1v) is 7.92. The maximum Gasteiger partial charge on any atom is 0.164 e. The molecule has 3 nitrogen and oxygen atoms in total. The van der Waals surface area contributed by atoms with Gasteiger partial charge in [0.1, 0.15) is 0 Å². The number of nitrogens with one attached hydrogen (secondary N) is 1. The molecule has 0 aromatic heterocycles. The summed E-state index contributed by atoms with van der Waals surface area (Å²) in [5.41, 5.74) is 1.29. The molecule has 1 aromatic rings. The maximum absolute atomic E-state index is 6.29. The van der Waals surface area contributed by atoms with Crippen LogP contribution in [0.25, 0.3) is 0 Å². The second-order valence-electron chi connectivity index (χ2n) is 5.97. The molecule has 110 valence electrons. The van der Waals surface area contributed by atoms with E-state index in [0.717, 1.165) is 24.5 Å². The van der Waals surface area contributed by atoms with Crippen LogP contribution in [0.4, 0.5) is 0 Å². The number of methoxy groups -OCH3 is 1. The number of hydrogen-bond acceptors (Lipinski definition) is 3. The zero-order chi connectivity index (χ0) is 13.8. The maximum atomic E-state index is 6.29. The van der Waals surface area contributed by atoms with Gasteiger partial charge in [0.05, 0.1) is 13.2 Å². The number of hydrogen-bond donors (Lipinski definition) is 1. The van der Waals surface area contributed by atoms with Crippen molar-refractivity contribution in [2.75, 3.05) is 13.7 Å². The molecule has 1 aliphatic carbocycles. The summed E-state index contributed by atoms with van der Waals surface area (Å²) in [7, 11) is 1.73. The van der Waals surface area contributed by atoms with E-state index in [1.807, 2.05) is 6.07 Å². The highest BCUT2D eigenvalue weighted by atomic mass is 16.5. The highest BCUT2D eigenvalue weighted by Gasteiger charge is 2.22. The van der Waals surface area contributed by atoms with Gasteiger partial charge in [0.2, 0.25) is 0 Å². The zero-order valence-corrected chi connectivity index (χ0v) is 12.4. The van der Waals surface area contributed by atoms with Gasteiger partial charge in [-0.05, 0) is 63.1 Å². The van der Waals surface area contributed by atoms with Crippen LogP contribution >= 0.6 is 0 Å². The van der Waals surface area contributed by atoms with Crippen molar-refractivity contribution in [1.29, 1.82) is 0 Å². The van der Waals surface area contributed by atoms with Gasteiger partial charge in [-0.25, -0.2) is 0 Å². The third-order valence-corrected chi connectivity index (χ3v) is 4.50. The lowest BCUT2D eigenvalue weighted by atomic mass is 10.0. The summed E-state index contributed by atoms with van der Waals surface area (Å²) >= 11 is 0. The van der Waals surface area contributed by atoms with E-state index in [0.29, 0.717) is 12.1 Å². The van der Waals surface area contributed by atoms with Crippen LogP contribution in [0.5, 0.6) is 11.5 Å². The van der Waals surface area contributed by atoms with Crippen LogP contribution in [0.2, 0.25) is 0 Å². The van der Waals surface area contributed by atoms with Crippen molar-refractivity contribution >= 4 is 0 Å². The topological polar surface area (TPSA) is 30.5 Å². The standard InChI is InChI=1S/C17H25NO2/c1-19-16-10-4-6-13(12-14-7-5-11-18-14)17(16)20-15-8-2-3-9-15/h4,6,10,14-15,18H,2-3,5,7-9,11-12H2,1H3. The fraction of sp³-hybridized carbons (Fsp3) is 0.647. The van der Waals surface area contributed by atoms with Gasteiger partial charge in [0.15, 0.2) is 11.5 Å². The normalized spacial score (nSPS) is 23.1. The van der Waals surface area contributed by atoms with Gasteiger partial charge in [0, 0.05) is 6.04 Å². The molecule has 3 rings (SSSR count). The first kappa shape index (κ1) is 13.7. The monoisotopic (exact) mass is 275 g/mol. The van der Waals surface area contributed by atoms with Gasteiger partial charge in [0.25, 0.3) is 0 Å². The number of ether oxygens (including phenoxy) is 2. The molecule has 20 heavy (non-hydrogen) atoms. The largest absolute Gasteiger partial charge is 0.493 e. The van der Waals surface area contributed by atoms with Gasteiger partial charge in [-0.3, -0.25) is 0 Å². The molecule has 1 unspecified atom stereocenters. The Kier molecular flexibility index (Phi) is 4.46. The van der Waals surface area contributed by atoms with Crippen molar-refractivity contribution in [3.05, 3.63) is 23.8 Å². The van der Waals surface area contributed by atoms with Crippen molar-refractivity contribution in [2.24, 2.45) is 0 Å². The molecule has 2 fully saturated rings. The Morgan fingerprint density at radius 2 is 2.00 bits per heavy atom. The lowest BCUT2D eigenvalue weighted by Gasteiger charge is -2.20. The van der Waals surface area contributed by atoms with Gasteiger partial charge >= 0.3 is 0 Å². The van der Waals surface area contributed by atoms with E-state index in [-0.39, 0.29) is 0 Å². The van der Waals surface area contributed by atoms with Gasteiger partial charge in [-0.2, -0.15) is 0 Å². The zero-order valence-electron chi connectivity index (χ0n) is 12.4. The molecule has 1 aliphatic heterocycles. The Morgan fingerprint density at radius 3 is 2.70 bits per heavy atom. The summed E-state index contributed by atoms with van der Waals surface area (Å²) in [5.74, 6) is 1.86. The summed E-state index contributed by atoms with van der Waals surface area (Å²) in [5, 5.41) is 3.57. The first-order valence-electron chi connectivity index (χ1n) is 7.92. The van der Waals surface area contributed by atoms with Crippen molar-refractivity contribution in [3.63, 3.8) is 0 Å². The average Bonchev–Trinajstić information content (AvgIpc) is 3.14. The SMILES string of the molecule is COc1cccc(CC2CCCN2)c1OC1CCCC1. The van der Waals surface area contributed by atoms with Crippen LogP contribution in [0.3, 0.4) is 0 Å². The predicted molar refractivity (Wildman–Crippen MR) is 80.6 cm³/mol. The summed E-state index contributed by atoms with van der Waals surface area (Å²) in [4.78, 5) is 0. The summed E-state index contributed by atoms with van der Waals surface area (Å²) in [6.07, 6.45) is 8.91. The van der Waals surface area contributed by atoms with Crippen LogP contribution in [-0.2, 0) is 6.42 Å². The third-order valence-electron chi connectivity index (χ3n) is 4.50. The molecular formula is C17H25NO2. The van der Waals surface area contributed by atoms with Crippen molar-refractivity contribution in [3.8, 4) is 11.5 Å². The van der Waals surface area contributed by atoms with Crippen molar-refractivity contribution < 1.29 is 9.47 Å². The van der Waals surface area contributed by atoms with E-state index in [1.165, 1.54) is 44.1 Å². The molecule has 0 radical (unpaired) electrons. The minimum atomic E-state index is 0.376. The van der Waals surface area contributed by atoms with Crippen LogP contribution in [-0.4, -0.2) is 25.8 Å².